The molecule has 1 aliphatic rings. The largest absolute Gasteiger partial charge is 0.385 e. The topological polar surface area (TPSA) is 111 Å². The van der Waals surface area contributed by atoms with E-state index >= 15 is 0 Å². The molecule has 4 rings (SSSR count). The van der Waals surface area contributed by atoms with Crippen molar-refractivity contribution in [3.63, 3.8) is 0 Å². The van der Waals surface area contributed by atoms with Gasteiger partial charge in [-0.1, -0.05) is 6.07 Å². The van der Waals surface area contributed by atoms with Crippen LogP contribution in [0.4, 0.5) is 0 Å². The summed E-state index contributed by atoms with van der Waals surface area (Å²) in [5.41, 5.74) is 1.73. The number of hydrogen-bond acceptors (Lipinski definition) is 6. The summed E-state index contributed by atoms with van der Waals surface area (Å²) < 4.78 is 13.9. The number of fused-ring (bicyclic) bond motifs is 2. The molecule has 1 fully saturated rings. The van der Waals surface area contributed by atoms with E-state index in [4.69, 9.17) is 14.9 Å². The lowest BCUT2D eigenvalue weighted by Gasteiger charge is -2.17. The molecule has 1 aliphatic heterocycles. The standard InChI is InChI=1S/C22H27N5O4/c1-14-6-7-18-25-20-17(22(29)26(18)12-14)11-16(21(28)24-8-4-9-30-2)19(23)27(20)13-15-5-3-10-31-15/h6-7,11-12,15,23H,3-5,8-10,13H2,1-2H3,(H,24,28)/t15-/m1/s1. The van der Waals surface area contributed by atoms with Gasteiger partial charge in [-0.3, -0.25) is 19.4 Å². The number of carbonyl (C=O) groups is 1. The third-order valence-electron chi connectivity index (χ3n) is 5.52. The Morgan fingerprint density at radius 3 is 3.00 bits per heavy atom. The first-order valence-corrected chi connectivity index (χ1v) is 10.5. The number of pyridine rings is 2. The number of rotatable bonds is 7. The van der Waals surface area contributed by atoms with Crippen LogP contribution in [-0.2, 0) is 16.0 Å². The van der Waals surface area contributed by atoms with E-state index in [1.54, 1.807) is 23.9 Å². The molecule has 1 amide bonds. The number of ether oxygens (including phenoxy) is 2. The molecule has 0 radical (unpaired) electrons. The predicted octanol–water partition coefficient (Wildman–Crippen LogP) is 1.38. The van der Waals surface area contributed by atoms with Gasteiger partial charge < -0.3 is 19.4 Å². The average molecular weight is 425 g/mol. The van der Waals surface area contributed by atoms with Gasteiger partial charge in [0.2, 0.25) is 0 Å². The smallest absolute Gasteiger partial charge is 0.267 e. The molecule has 1 atom stereocenters. The van der Waals surface area contributed by atoms with Gasteiger partial charge in [-0.05, 0) is 43.9 Å². The third kappa shape index (κ3) is 4.24. The molecule has 2 N–H and O–H groups in total. The SMILES string of the molecule is COCCCNC(=O)c1cc2c(=O)n3cc(C)ccc3nc2n(C[C@H]2CCCO2)c1=N. The van der Waals surface area contributed by atoms with Crippen LogP contribution in [0.15, 0.2) is 29.2 Å². The molecule has 4 heterocycles. The molecule has 0 aliphatic carbocycles. The van der Waals surface area contributed by atoms with E-state index < -0.39 is 5.91 Å². The van der Waals surface area contributed by atoms with Gasteiger partial charge in [0.15, 0.2) is 0 Å². The first-order valence-electron chi connectivity index (χ1n) is 10.5. The van der Waals surface area contributed by atoms with Crippen molar-refractivity contribution in [2.75, 3.05) is 26.9 Å². The zero-order valence-corrected chi connectivity index (χ0v) is 17.8. The Kier molecular flexibility index (Phi) is 6.15. The summed E-state index contributed by atoms with van der Waals surface area (Å²) in [7, 11) is 1.60. The second-order valence-electron chi connectivity index (χ2n) is 7.84. The number of nitrogens with zero attached hydrogens (tertiary/aromatic N) is 3. The molecular formula is C22H27N5O4. The predicted molar refractivity (Wildman–Crippen MR) is 115 cm³/mol. The lowest BCUT2D eigenvalue weighted by molar-refractivity contribution is 0.0929. The number of amides is 1. The molecular weight excluding hydrogens is 398 g/mol. The highest BCUT2D eigenvalue weighted by molar-refractivity contribution is 5.96. The molecule has 0 saturated carbocycles. The Labute approximate surface area is 179 Å². The van der Waals surface area contributed by atoms with Crippen molar-refractivity contribution in [3.8, 4) is 0 Å². The van der Waals surface area contributed by atoms with E-state index in [1.165, 1.54) is 10.5 Å². The van der Waals surface area contributed by atoms with Crippen LogP contribution in [0.2, 0.25) is 0 Å². The lowest BCUT2D eigenvalue weighted by Crippen LogP contribution is -2.37. The van der Waals surface area contributed by atoms with Gasteiger partial charge in [0, 0.05) is 33.1 Å². The van der Waals surface area contributed by atoms with Crippen LogP contribution in [0.5, 0.6) is 0 Å². The fraction of sp³-hybridized carbons (Fsp3) is 0.455. The Bertz CT molecular complexity index is 1240. The first kappa shape index (κ1) is 21.2. The maximum absolute atomic E-state index is 13.3. The average Bonchev–Trinajstić information content (AvgIpc) is 3.27. The fourth-order valence-electron chi connectivity index (χ4n) is 3.90. The summed E-state index contributed by atoms with van der Waals surface area (Å²) in [4.78, 5) is 30.8. The van der Waals surface area contributed by atoms with Gasteiger partial charge in [-0.25, -0.2) is 4.98 Å². The number of nitrogens with one attached hydrogen (secondary N) is 2. The van der Waals surface area contributed by atoms with E-state index in [0.717, 1.165) is 18.4 Å². The number of hydrogen-bond donors (Lipinski definition) is 2. The first-order chi connectivity index (χ1) is 15.0. The minimum absolute atomic E-state index is 0.0237. The molecule has 0 aromatic carbocycles. The van der Waals surface area contributed by atoms with E-state index in [9.17, 15) is 9.59 Å². The Balaban J connectivity index is 1.87. The number of carbonyl (C=O) groups excluding carboxylic acids is 1. The maximum atomic E-state index is 13.3. The normalized spacial score (nSPS) is 16.3. The van der Waals surface area contributed by atoms with Crippen LogP contribution >= 0.6 is 0 Å². The third-order valence-corrected chi connectivity index (χ3v) is 5.52. The van der Waals surface area contributed by atoms with Crippen LogP contribution < -0.4 is 16.4 Å². The Morgan fingerprint density at radius 1 is 1.42 bits per heavy atom. The van der Waals surface area contributed by atoms with E-state index in [2.05, 4.69) is 10.3 Å². The van der Waals surface area contributed by atoms with Crippen LogP contribution in [0.3, 0.4) is 0 Å². The van der Waals surface area contributed by atoms with Gasteiger partial charge in [0.25, 0.3) is 11.5 Å². The zero-order valence-electron chi connectivity index (χ0n) is 17.8. The number of aryl methyl sites for hydroxylation is 1. The minimum atomic E-state index is -0.391. The number of methoxy groups -OCH3 is 1. The highest BCUT2D eigenvalue weighted by Crippen LogP contribution is 2.17. The van der Waals surface area contributed by atoms with Crippen molar-refractivity contribution < 1.29 is 14.3 Å². The molecule has 31 heavy (non-hydrogen) atoms. The van der Waals surface area contributed by atoms with E-state index in [0.29, 0.717) is 49.4 Å². The van der Waals surface area contributed by atoms with Crippen LogP contribution in [0.1, 0.15) is 35.2 Å². The summed E-state index contributed by atoms with van der Waals surface area (Å²) >= 11 is 0. The summed E-state index contributed by atoms with van der Waals surface area (Å²) in [5, 5.41) is 11.8. The van der Waals surface area contributed by atoms with Crippen molar-refractivity contribution in [1.82, 2.24) is 19.3 Å². The molecule has 0 bridgehead atoms. The van der Waals surface area contributed by atoms with Crippen molar-refractivity contribution in [3.05, 3.63) is 51.4 Å². The number of aromatic nitrogens is 3. The van der Waals surface area contributed by atoms with Crippen molar-refractivity contribution in [1.29, 1.82) is 5.41 Å². The second kappa shape index (κ2) is 8.99. The van der Waals surface area contributed by atoms with Crippen molar-refractivity contribution in [2.24, 2.45) is 0 Å². The summed E-state index contributed by atoms with van der Waals surface area (Å²) in [6.45, 7) is 3.90. The highest BCUT2D eigenvalue weighted by atomic mass is 16.5. The zero-order chi connectivity index (χ0) is 22.0. The molecule has 0 unspecified atom stereocenters. The van der Waals surface area contributed by atoms with Gasteiger partial charge >= 0.3 is 0 Å². The monoisotopic (exact) mass is 425 g/mol. The summed E-state index contributed by atoms with van der Waals surface area (Å²) in [6, 6.07) is 5.16. The highest BCUT2D eigenvalue weighted by Gasteiger charge is 2.22. The van der Waals surface area contributed by atoms with Gasteiger partial charge in [0.1, 0.15) is 16.8 Å². The molecule has 9 heteroatoms. The van der Waals surface area contributed by atoms with E-state index in [1.807, 2.05) is 13.0 Å². The molecule has 164 valence electrons. The molecule has 9 nitrogen and oxygen atoms in total. The molecule has 3 aromatic rings. The van der Waals surface area contributed by atoms with Gasteiger partial charge in [-0.15, -0.1) is 0 Å². The Morgan fingerprint density at radius 2 is 2.26 bits per heavy atom. The summed E-state index contributed by atoms with van der Waals surface area (Å²) in [5.74, 6) is -0.391. The second-order valence-corrected chi connectivity index (χ2v) is 7.84. The van der Waals surface area contributed by atoms with Crippen molar-refractivity contribution >= 4 is 22.6 Å². The van der Waals surface area contributed by atoms with Gasteiger partial charge in [-0.2, -0.15) is 0 Å². The summed E-state index contributed by atoms with van der Waals surface area (Å²) in [6.07, 6.45) is 4.14. The lowest BCUT2D eigenvalue weighted by atomic mass is 10.1. The molecule has 3 aromatic heterocycles. The Hall–Kier alpha value is -3.04. The molecule has 1 saturated heterocycles. The van der Waals surface area contributed by atoms with E-state index in [-0.39, 0.29) is 22.7 Å². The quantitative estimate of drug-likeness (QED) is 0.439. The van der Waals surface area contributed by atoms with Crippen molar-refractivity contribution in [2.45, 2.75) is 38.8 Å². The molecule has 0 spiro atoms. The van der Waals surface area contributed by atoms with Gasteiger partial charge in [0.05, 0.1) is 23.6 Å². The van der Waals surface area contributed by atoms with Crippen LogP contribution in [0, 0.1) is 12.3 Å². The van der Waals surface area contributed by atoms with Crippen LogP contribution in [-0.4, -0.2) is 52.8 Å². The maximum Gasteiger partial charge on any atom is 0.267 e. The minimum Gasteiger partial charge on any atom is -0.385 e. The fourth-order valence-corrected chi connectivity index (χ4v) is 3.90. The van der Waals surface area contributed by atoms with Crippen LogP contribution in [0.25, 0.3) is 16.7 Å².